The fourth-order valence-corrected chi connectivity index (χ4v) is 2.26. The summed E-state index contributed by atoms with van der Waals surface area (Å²) in [7, 11) is 3.09. The van der Waals surface area contributed by atoms with E-state index in [2.05, 4.69) is 5.32 Å². The van der Waals surface area contributed by atoms with Crippen LogP contribution in [0.3, 0.4) is 0 Å². The summed E-state index contributed by atoms with van der Waals surface area (Å²) in [5, 5.41) is 13.0. The number of benzene rings is 2. The monoisotopic (exact) mass is 315 g/mol. The van der Waals surface area contributed by atoms with Gasteiger partial charge in [-0.25, -0.2) is 0 Å². The molecule has 1 atom stereocenters. The number of carbonyl (C=O) groups is 1. The second kappa shape index (κ2) is 7.65. The van der Waals surface area contributed by atoms with E-state index in [1.807, 2.05) is 19.1 Å². The van der Waals surface area contributed by atoms with Gasteiger partial charge in [0.15, 0.2) is 11.5 Å². The van der Waals surface area contributed by atoms with Gasteiger partial charge in [0.2, 0.25) is 0 Å². The Morgan fingerprint density at radius 1 is 1.13 bits per heavy atom. The van der Waals surface area contributed by atoms with Crippen LogP contribution in [0.15, 0.2) is 42.5 Å². The fraction of sp³-hybridized carbons (Fsp3) is 0.278. The lowest BCUT2D eigenvalue weighted by Crippen LogP contribution is -2.28. The Labute approximate surface area is 135 Å². The van der Waals surface area contributed by atoms with Crippen molar-refractivity contribution in [3.8, 4) is 11.5 Å². The molecule has 2 N–H and O–H groups in total. The average Bonchev–Trinajstić information content (AvgIpc) is 2.58. The van der Waals surface area contributed by atoms with Gasteiger partial charge in [-0.15, -0.1) is 0 Å². The van der Waals surface area contributed by atoms with Crippen LogP contribution in [-0.2, 0) is 0 Å². The third-order valence-corrected chi connectivity index (χ3v) is 3.53. The van der Waals surface area contributed by atoms with Gasteiger partial charge < -0.3 is 19.9 Å². The lowest BCUT2D eigenvalue weighted by atomic mass is 10.1. The molecule has 1 unspecified atom stereocenters. The molecule has 0 aliphatic heterocycles. The number of aliphatic hydroxyl groups is 1. The largest absolute Gasteiger partial charge is 0.493 e. The van der Waals surface area contributed by atoms with Crippen LogP contribution >= 0.6 is 0 Å². The van der Waals surface area contributed by atoms with Gasteiger partial charge in [0.05, 0.1) is 20.3 Å². The van der Waals surface area contributed by atoms with E-state index in [-0.39, 0.29) is 12.5 Å². The summed E-state index contributed by atoms with van der Waals surface area (Å²) in [5.41, 5.74) is 2.23. The van der Waals surface area contributed by atoms with Crippen LogP contribution in [0.1, 0.15) is 27.6 Å². The number of carbonyl (C=O) groups excluding carboxylic acids is 1. The minimum absolute atomic E-state index is 0.113. The molecular formula is C18H21NO4. The molecule has 2 aromatic rings. The highest BCUT2D eigenvalue weighted by Gasteiger charge is 2.13. The SMILES string of the molecule is COc1ccc(C(O)CNC(=O)c2cccc(C)c2)cc1OC. The first-order valence-electron chi connectivity index (χ1n) is 7.30. The Hall–Kier alpha value is -2.53. The van der Waals surface area contributed by atoms with Gasteiger partial charge in [-0.2, -0.15) is 0 Å². The van der Waals surface area contributed by atoms with Crippen LogP contribution in [0, 0.1) is 6.92 Å². The van der Waals surface area contributed by atoms with Gasteiger partial charge in [0.1, 0.15) is 0 Å². The molecule has 5 heteroatoms. The van der Waals surface area contributed by atoms with Crippen molar-refractivity contribution in [1.82, 2.24) is 5.32 Å². The molecular weight excluding hydrogens is 294 g/mol. The number of amides is 1. The summed E-state index contributed by atoms with van der Waals surface area (Å²) in [6, 6.07) is 12.5. The van der Waals surface area contributed by atoms with Crippen molar-refractivity contribution < 1.29 is 19.4 Å². The quantitative estimate of drug-likeness (QED) is 0.859. The normalized spacial score (nSPS) is 11.7. The van der Waals surface area contributed by atoms with Crippen molar-refractivity contribution in [2.75, 3.05) is 20.8 Å². The number of methoxy groups -OCH3 is 2. The molecule has 0 fully saturated rings. The van der Waals surface area contributed by atoms with Crippen molar-refractivity contribution in [3.63, 3.8) is 0 Å². The number of nitrogens with one attached hydrogen (secondary N) is 1. The number of hydrogen-bond acceptors (Lipinski definition) is 4. The zero-order chi connectivity index (χ0) is 16.8. The summed E-state index contributed by atoms with van der Waals surface area (Å²) >= 11 is 0. The number of aryl methyl sites for hydroxylation is 1. The molecule has 0 saturated carbocycles. The van der Waals surface area contributed by atoms with Crippen molar-refractivity contribution in [2.24, 2.45) is 0 Å². The molecule has 2 aromatic carbocycles. The molecule has 5 nitrogen and oxygen atoms in total. The topological polar surface area (TPSA) is 67.8 Å². The number of hydrogen-bond donors (Lipinski definition) is 2. The molecule has 0 aliphatic carbocycles. The third-order valence-electron chi connectivity index (χ3n) is 3.53. The lowest BCUT2D eigenvalue weighted by Gasteiger charge is -2.15. The first kappa shape index (κ1) is 16.8. The lowest BCUT2D eigenvalue weighted by molar-refractivity contribution is 0.0916. The Morgan fingerprint density at radius 3 is 2.52 bits per heavy atom. The number of rotatable bonds is 6. The molecule has 0 bridgehead atoms. The van der Waals surface area contributed by atoms with Gasteiger partial charge in [0, 0.05) is 12.1 Å². The van der Waals surface area contributed by atoms with Crippen molar-refractivity contribution in [1.29, 1.82) is 0 Å². The highest BCUT2D eigenvalue weighted by molar-refractivity contribution is 5.94. The summed E-state index contributed by atoms with van der Waals surface area (Å²) in [6.07, 6.45) is -0.830. The minimum atomic E-state index is -0.830. The molecule has 0 saturated heterocycles. The van der Waals surface area contributed by atoms with Crippen LogP contribution in [0.2, 0.25) is 0 Å². The first-order valence-corrected chi connectivity index (χ1v) is 7.30. The van der Waals surface area contributed by atoms with Gasteiger partial charge >= 0.3 is 0 Å². The Bertz CT molecular complexity index is 684. The Morgan fingerprint density at radius 2 is 1.87 bits per heavy atom. The number of ether oxygens (including phenoxy) is 2. The predicted octanol–water partition coefficient (Wildman–Crippen LogP) is 2.48. The average molecular weight is 315 g/mol. The fourth-order valence-electron chi connectivity index (χ4n) is 2.26. The minimum Gasteiger partial charge on any atom is -0.493 e. The van der Waals surface area contributed by atoms with E-state index in [1.165, 1.54) is 7.11 Å². The van der Waals surface area contributed by atoms with E-state index < -0.39 is 6.10 Å². The van der Waals surface area contributed by atoms with Crippen LogP contribution < -0.4 is 14.8 Å². The van der Waals surface area contributed by atoms with Crippen LogP contribution in [0.4, 0.5) is 0 Å². The second-order valence-electron chi connectivity index (χ2n) is 5.21. The molecule has 0 spiro atoms. The molecule has 2 rings (SSSR count). The zero-order valence-corrected chi connectivity index (χ0v) is 13.5. The van der Waals surface area contributed by atoms with Gasteiger partial charge in [0.25, 0.3) is 5.91 Å². The summed E-state index contributed by atoms with van der Waals surface area (Å²) < 4.78 is 10.4. The predicted molar refractivity (Wildman–Crippen MR) is 88.0 cm³/mol. The van der Waals surface area contributed by atoms with Crippen LogP contribution in [0.25, 0.3) is 0 Å². The molecule has 0 heterocycles. The van der Waals surface area contributed by atoms with Gasteiger partial charge in [-0.1, -0.05) is 23.8 Å². The molecule has 0 aromatic heterocycles. The van der Waals surface area contributed by atoms with E-state index in [0.717, 1.165) is 5.56 Å². The maximum Gasteiger partial charge on any atom is 0.251 e. The van der Waals surface area contributed by atoms with E-state index >= 15 is 0 Å². The van der Waals surface area contributed by atoms with E-state index in [9.17, 15) is 9.90 Å². The standard InChI is InChI=1S/C18H21NO4/c1-12-5-4-6-14(9-12)18(21)19-11-15(20)13-7-8-16(22-2)17(10-13)23-3/h4-10,15,20H,11H2,1-3H3,(H,19,21). The van der Waals surface area contributed by atoms with E-state index in [4.69, 9.17) is 9.47 Å². The van der Waals surface area contributed by atoms with Gasteiger partial charge in [-0.05, 0) is 36.8 Å². The van der Waals surface area contributed by atoms with Crippen LogP contribution in [-0.4, -0.2) is 31.8 Å². The summed E-state index contributed by atoms with van der Waals surface area (Å²) in [6.45, 7) is 2.04. The molecule has 23 heavy (non-hydrogen) atoms. The number of aliphatic hydroxyl groups excluding tert-OH is 1. The highest BCUT2D eigenvalue weighted by Crippen LogP contribution is 2.29. The van der Waals surface area contributed by atoms with Crippen molar-refractivity contribution >= 4 is 5.91 Å². The van der Waals surface area contributed by atoms with Crippen LogP contribution in [0.5, 0.6) is 11.5 Å². The van der Waals surface area contributed by atoms with Crippen molar-refractivity contribution in [2.45, 2.75) is 13.0 Å². The highest BCUT2D eigenvalue weighted by atomic mass is 16.5. The second-order valence-corrected chi connectivity index (χ2v) is 5.21. The third kappa shape index (κ3) is 4.23. The maximum atomic E-state index is 12.1. The Balaban J connectivity index is 2.02. The summed E-state index contributed by atoms with van der Waals surface area (Å²) in [4.78, 5) is 12.1. The summed E-state index contributed by atoms with van der Waals surface area (Å²) in [5.74, 6) is 0.912. The van der Waals surface area contributed by atoms with E-state index in [0.29, 0.717) is 22.6 Å². The first-order chi connectivity index (χ1) is 11.0. The molecule has 122 valence electrons. The van der Waals surface area contributed by atoms with Gasteiger partial charge in [-0.3, -0.25) is 4.79 Å². The molecule has 0 aliphatic rings. The Kier molecular flexibility index (Phi) is 5.60. The maximum absolute atomic E-state index is 12.1. The molecule has 0 radical (unpaired) electrons. The zero-order valence-electron chi connectivity index (χ0n) is 13.5. The molecule has 1 amide bonds. The van der Waals surface area contributed by atoms with Crippen molar-refractivity contribution in [3.05, 3.63) is 59.2 Å². The smallest absolute Gasteiger partial charge is 0.251 e. The van der Waals surface area contributed by atoms with E-state index in [1.54, 1.807) is 37.4 Å².